The minimum absolute atomic E-state index is 0.195. The van der Waals surface area contributed by atoms with E-state index in [0.717, 1.165) is 22.4 Å². The summed E-state index contributed by atoms with van der Waals surface area (Å²) in [5, 5.41) is 3.29. The molecule has 2 aliphatic rings. The summed E-state index contributed by atoms with van der Waals surface area (Å²) in [4.78, 5) is 18.1. The van der Waals surface area contributed by atoms with Gasteiger partial charge >= 0.3 is 0 Å². The number of nitrogens with one attached hydrogen (secondary N) is 1. The van der Waals surface area contributed by atoms with Crippen LogP contribution >= 0.6 is 0 Å². The number of aromatic nitrogens is 1. The van der Waals surface area contributed by atoms with Gasteiger partial charge in [0.1, 0.15) is 35.1 Å². The van der Waals surface area contributed by atoms with Gasteiger partial charge in [0.15, 0.2) is 0 Å². The van der Waals surface area contributed by atoms with Crippen molar-refractivity contribution in [2.24, 2.45) is 0 Å². The van der Waals surface area contributed by atoms with Crippen molar-refractivity contribution in [1.82, 2.24) is 10.3 Å². The number of ether oxygens (including phenoxy) is 3. The van der Waals surface area contributed by atoms with Crippen LogP contribution in [0, 0.1) is 6.92 Å². The van der Waals surface area contributed by atoms with Crippen LogP contribution in [0.2, 0.25) is 0 Å². The first kappa shape index (κ1) is 20.1. The van der Waals surface area contributed by atoms with Gasteiger partial charge < -0.3 is 19.5 Å². The smallest absolute Gasteiger partial charge is 0.251 e. The van der Waals surface area contributed by atoms with Crippen molar-refractivity contribution < 1.29 is 19.0 Å². The fourth-order valence-corrected chi connectivity index (χ4v) is 4.26. The number of aryl methyl sites for hydroxylation is 1. The minimum Gasteiger partial charge on any atom is -0.497 e. The van der Waals surface area contributed by atoms with Gasteiger partial charge in [0.25, 0.3) is 5.91 Å². The molecular weight excluding hydrogens is 404 g/mol. The molecule has 1 atom stereocenters. The molecule has 0 unspecified atom stereocenters. The fraction of sp³-hybridized carbons (Fsp3) is 0.231. The monoisotopic (exact) mass is 428 g/mol. The van der Waals surface area contributed by atoms with Crippen LogP contribution in [0.1, 0.15) is 28.8 Å². The lowest BCUT2D eigenvalue weighted by molar-refractivity contribution is -0.119. The van der Waals surface area contributed by atoms with Crippen molar-refractivity contribution in [3.8, 4) is 17.2 Å². The molecule has 0 bridgehead atoms. The van der Waals surface area contributed by atoms with E-state index in [1.165, 1.54) is 0 Å². The molecule has 2 aliphatic heterocycles. The predicted molar refractivity (Wildman–Crippen MR) is 121 cm³/mol. The number of rotatable bonds is 4. The Morgan fingerprint density at radius 2 is 1.94 bits per heavy atom. The lowest BCUT2D eigenvalue weighted by Gasteiger charge is -2.39. The lowest BCUT2D eigenvalue weighted by atomic mass is 9.81. The van der Waals surface area contributed by atoms with Crippen LogP contribution in [0.15, 0.2) is 66.4 Å². The molecule has 3 heterocycles. The topological polar surface area (TPSA) is 69.7 Å². The fourth-order valence-electron chi connectivity index (χ4n) is 4.26. The summed E-state index contributed by atoms with van der Waals surface area (Å²) in [5.74, 6) is 1.93. The van der Waals surface area contributed by atoms with Crippen molar-refractivity contribution in [3.05, 3.63) is 88.8 Å². The first-order valence-electron chi connectivity index (χ1n) is 10.6. The molecule has 0 aliphatic carbocycles. The highest BCUT2D eigenvalue weighted by Gasteiger charge is 2.43. The zero-order valence-electron chi connectivity index (χ0n) is 18.1. The second-order valence-electron chi connectivity index (χ2n) is 8.04. The predicted octanol–water partition coefficient (Wildman–Crippen LogP) is 4.02. The van der Waals surface area contributed by atoms with Crippen molar-refractivity contribution >= 4 is 12.0 Å². The van der Waals surface area contributed by atoms with Crippen LogP contribution in [0.5, 0.6) is 17.2 Å². The average molecular weight is 428 g/mol. The van der Waals surface area contributed by atoms with E-state index in [1.54, 1.807) is 13.3 Å². The molecule has 1 amide bonds. The van der Waals surface area contributed by atoms with E-state index >= 15 is 0 Å². The summed E-state index contributed by atoms with van der Waals surface area (Å²) >= 11 is 0. The summed E-state index contributed by atoms with van der Waals surface area (Å²) in [6, 6.07) is 17.5. The summed E-state index contributed by atoms with van der Waals surface area (Å²) in [6.45, 7) is 2.71. The molecule has 5 rings (SSSR count). The van der Waals surface area contributed by atoms with E-state index in [9.17, 15) is 4.79 Å². The summed E-state index contributed by atoms with van der Waals surface area (Å²) in [7, 11) is 1.61. The Hall–Kier alpha value is -3.80. The van der Waals surface area contributed by atoms with Crippen LogP contribution in [0.25, 0.3) is 6.08 Å². The number of carbonyl (C=O) groups is 1. The molecule has 1 N–H and O–H groups in total. The second-order valence-corrected chi connectivity index (χ2v) is 8.04. The third-order valence-electron chi connectivity index (χ3n) is 6.00. The van der Waals surface area contributed by atoms with Gasteiger partial charge in [0.05, 0.1) is 19.3 Å². The van der Waals surface area contributed by atoms with Gasteiger partial charge in [0, 0.05) is 18.2 Å². The molecule has 1 aromatic heterocycles. The highest BCUT2D eigenvalue weighted by atomic mass is 16.5. The first-order chi connectivity index (χ1) is 15.6. The maximum Gasteiger partial charge on any atom is 0.251 e. The molecule has 6 nitrogen and oxygen atoms in total. The molecule has 0 fully saturated rings. The maximum absolute atomic E-state index is 13.5. The Balaban J connectivity index is 1.55. The number of benzene rings is 2. The van der Waals surface area contributed by atoms with Crippen molar-refractivity contribution in [2.45, 2.75) is 18.9 Å². The molecule has 0 saturated carbocycles. The number of hydrogen-bond acceptors (Lipinski definition) is 5. The highest BCUT2D eigenvalue weighted by Crippen LogP contribution is 2.41. The number of nitrogens with zero attached hydrogens (tertiary/aromatic N) is 1. The Bertz CT molecular complexity index is 1200. The van der Waals surface area contributed by atoms with Gasteiger partial charge in [-0.25, -0.2) is 0 Å². The molecule has 0 spiro atoms. The standard InChI is InChI=1S/C26H24N2O4/c1-17-5-7-20(8-6-17)26(11-13-31-23-4-3-12-27-24(23)26)28-25(29)19-14-18-15-21(30-2)9-10-22(18)32-16-19/h3-10,12,14-15H,11,13,16H2,1-2H3,(H,28,29)/t26-/m0/s1. The van der Waals surface area contributed by atoms with Crippen LogP contribution in [-0.2, 0) is 10.3 Å². The number of carbonyl (C=O) groups excluding carboxylic acids is 1. The van der Waals surface area contributed by atoms with Gasteiger partial charge in [-0.05, 0) is 48.9 Å². The van der Waals surface area contributed by atoms with Gasteiger partial charge in [0.2, 0.25) is 0 Å². The number of methoxy groups -OCH3 is 1. The molecule has 2 aromatic carbocycles. The van der Waals surface area contributed by atoms with E-state index in [4.69, 9.17) is 14.2 Å². The molecular formula is C26H24N2O4. The van der Waals surface area contributed by atoms with E-state index < -0.39 is 5.54 Å². The average Bonchev–Trinajstić information content (AvgIpc) is 2.84. The molecule has 162 valence electrons. The largest absolute Gasteiger partial charge is 0.497 e. The first-order valence-corrected chi connectivity index (χ1v) is 10.6. The summed E-state index contributed by atoms with van der Waals surface area (Å²) in [5.41, 5.74) is 3.39. The zero-order chi connectivity index (χ0) is 22.1. The molecule has 3 aromatic rings. The van der Waals surface area contributed by atoms with Crippen molar-refractivity contribution in [2.75, 3.05) is 20.3 Å². The zero-order valence-corrected chi connectivity index (χ0v) is 18.1. The van der Waals surface area contributed by atoms with Crippen molar-refractivity contribution in [1.29, 1.82) is 0 Å². The van der Waals surface area contributed by atoms with E-state index in [1.807, 2.05) is 67.6 Å². The van der Waals surface area contributed by atoms with Crippen LogP contribution < -0.4 is 19.5 Å². The second kappa shape index (κ2) is 8.04. The molecule has 32 heavy (non-hydrogen) atoms. The van der Waals surface area contributed by atoms with Gasteiger partial charge in [-0.1, -0.05) is 29.8 Å². The van der Waals surface area contributed by atoms with Crippen LogP contribution in [0.3, 0.4) is 0 Å². The number of fused-ring (bicyclic) bond motifs is 2. The van der Waals surface area contributed by atoms with Gasteiger partial charge in [-0.3, -0.25) is 9.78 Å². The van der Waals surface area contributed by atoms with Gasteiger partial charge in [-0.15, -0.1) is 0 Å². The number of pyridine rings is 1. The third kappa shape index (κ3) is 3.47. The van der Waals surface area contributed by atoms with Gasteiger partial charge in [-0.2, -0.15) is 0 Å². The van der Waals surface area contributed by atoms with E-state index in [0.29, 0.717) is 35.8 Å². The SMILES string of the molecule is COc1ccc2c(c1)C=C(C(=O)N[C@]1(c3ccc(C)cc3)CCOc3cccnc31)CO2. The number of hydrogen-bond donors (Lipinski definition) is 1. The Morgan fingerprint density at radius 3 is 2.75 bits per heavy atom. The van der Waals surface area contributed by atoms with Crippen molar-refractivity contribution in [3.63, 3.8) is 0 Å². The van der Waals surface area contributed by atoms with Crippen LogP contribution in [-0.4, -0.2) is 31.2 Å². The molecule has 0 radical (unpaired) electrons. The minimum atomic E-state index is -0.797. The summed E-state index contributed by atoms with van der Waals surface area (Å²) in [6.07, 6.45) is 4.16. The highest BCUT2D eigenvalue weighted by molar-refractivity contribution is 6.00. The normalized spacial score (nSPS) is 18.9. The van der Waals surface area contributed by atoms with Crippen LogP contribution in [0.4, 0.5) is 0 Å². The Labute approximate surface area is 186 Å². The Morgan fingerprint density at radius 1 is 1.09 bits per heavy atom. The van der Waals surface area contributed by atoms with E-state index in [2.05, 4.69) is 10.3 Å². The molecule has 6 heteroatoms. The molecule has 0 saturated heterocycles. The summed E-state index contributed by atoms with van der Waals surface area (Å²) < 4.78 is 17.0. The maximum atomic E-state index is 13.5. The quantitative estimate of drug-likeness (QED) is 0.680. The van der Waals surface area contributed by atoms with E-state index in [-0.39, 0.29) is 12.5 Å². The Kier molecular flexibility index (Phi) is 5.05. The number of amides is 1. The lowest BCUT2D eigenvalue weighted by Crippen LogP contribution is -2.51. The third-order valence-corrected chi connectivity index (χ3v) is 6.00.